The number of benzene rings is 3. The number of rotatable bonds is 4. The van der Waals surface area contributed by atoms with Gasteiger partial charge in [0, 0.05) is 20.7 Å². The second kappa shape index (κ2) is 8.23. The molecular weight excluding hydrogens is 437 g/mol. The molecule has 3 aromatic carbocycles. The summed E-state index contributed by atoms with van der Waals surface area (Å²) in [5.41, 5.74) is 2.00. The fourth-order valence-corrected chi connectivity index (χ4v) is 3.29. The molecule has 0 aliphatic heterocycles. The largest absolute Gasteiger partial charge is 0.384 e. The van der Waals surface area contributed by atoms with Crippen LogP contribution in [0.25, 0.3) is 0 Å². The Labute approximate surface area is 169 Å². The first-order valence-corrected chi connectivity index (χ1v) is 9.29. The van der Waals surface area contributed by atoms with Crippen molar-refractivity contribution in [3.63, 3.8) is 0 Å². The van der Waals surface area contributed by atoms with Gasteiger partial charge >= 0.3 is 0 Å². The van der Waals surface area contributed by atoms with Crippen molar-refractivity contribution >= 4 is 50.7 Å². The molecule has 0 saturated heterocycles. The minimum Gasteiger partial charge on any atom is -0.384 e. The van der Waals surface area contributed by atoms with Gasteiger partial charge in [0.15, 0.2) is 0 Å². The first-order chi connectivity index (χ1) is 12.5. The summed E-state index contributed by atoms with van der Waals surface area (Å²) >= 11 is 15.6. The number of aliphatic hydroxyl groups is 1. The van der Waals surface area contributed by atoms with Crippen molar-refractivity contribution in [3.05, 3.63) is 97.9 Å². The van der Waals surface area contributed by atoms with Crippen LogP contribution < -0.4 is 5.32 Å². The Morgan fingerprint density at radius 3 is 2.46 bits per heavy atom. The second-order valence-corrected chi connectivity index (χ2v) is 7.38. The van der Waals surface area contributed by atoms with E-state index in [0.29, 0.717) is 32.4 Å². The SMILES string of the molecule is O=C(Nc1ccc(Cl)cc1[C@H](O)c1ccccc1)c1cc(Br)ccc1Cl. The van der Waals surface area contributed by atoms with Crippen molar-refractivity contribution in [1.82, 2.24) is 0 Å². The molecule has 3 aromatic rings. The summed E-state index contributed by atoms with van der Waals surface area (Å²) in [6, 6.07) is 19.1. The van der Waals surface area contributed by atoms with Crippen molar-refractivity contribution in [2.45, 2.75) is 6.10 Å². The Kier molecular flexibility index (Phi) is 5.99. The maximum Gasteiger partial charge on any atom is 0.257 e. The molecule has 0 aliphatic carbocycles. The topological polar surface area (TPSA) is 49.3 Å². The fraction of sp³-hybridized carbons (Fsp3) is 0.0500. The summed E-state index contributed by atoms with van der Waals surface area (Å²) in [6.45, 7) is 0. The van der Waals surface area contributed by atoms with Gasteiger partial charge in [-0.05, 0) is 42.0 Å². The Morgan fingerprint density at radius 2 is 1.73 bits per heavy atom. The van der Waals surface area contributed by atoms with E-state index in [2.05, 4.69) is 21.2 Å². The molecule has 6 heteroatoms. The van der Waals surface area contributed by atoms with Gasteiger partial charge < -0.3 is 10.4 Å². The van der Waals surface area contributed by atoms with Crippen LogP contribution in [0.4, 0.5) is 5.69 Å². The van der Waals surface area contributed by atoms with Gasteiger partial charge in [0.25, 0.3) is 5.91 Å². The zero-order valence-corrected chi connectivity index (χ0v) is 16.5. The van der Waals surface area contributed by atoms with E-state index >= 15 is 0 Å². The van der Waals surface area contributed by atoms with Crippen LogP contribution in [0.2, 0.25) is 10.0 Å². The highest BCUT2D eigenvalue weighted by Gasteiger charge is 2.18. The standard InChI is InChI=1S/C20H14BrCl2NO2/c21-13-6-8-17(23)15(10-13)20(26)24-18-9-7-14(22)11-16(18)19(25)12-4-2-1-3-5-12/h1-11,19,25H,(H,24,26)/t19-/m1/s1. The van der Waals surface area contributed by atoms with E-state index in [4.69, 9.17) is 23.2 Å². The van der Waals surface area contributed by atoms with Gasteiger partial charge in [0.2, 0.25) is 0 Å². The van der Waals surface area contributed by atoms with Crippen LogP contribution in [0.5, 0.6) is 0 Å². The number of hydrogen-bond donors (Lipinski definition) is 2. The van der Waals surface area contributed by atoms with Crippen LogP contribution in [-0.4, -0.2) is 11.0 Å². The Hall–Kier alpha value is -1.85. The minimum atomic E-state index is -0.928. The number of carbonyl (C=O) groups excluding carboxylic acids is 1. The van der Waals surface area contributed by atoms with E-state index in [1.165, 1.54) is 0 Å². The molecule has 0 fully saturated rings. The minimum absolute atomic E-state index is 0.330. The van der Waals surface area contributed by atoms with Crippen LogP contribution >= 0.6 is 39.1 Å². The molecule has 3 rings (SSSR count). The molecule has 0 unspecified atom stereocenters. The highest BCUT2D eigenvalue weighted by molar-refractivity contribution is 9.10. The second-order valence-electron chi connectivity index (χ2n) is 5.62. The molecule has 0 aliphatic rings. The molecule has 1 amide bonds. The van der Waals surface area contributed by atoms with Crippen molar-refractivity contribution in [2.24, 2.45) is 0 Å². The van der Waals surface area contributed by atoms with Crippen LogP contribution in [0, 0.1) is 0 Å². The fourth-order valence-electron chi connectivity index (χ4n) is 2.55. The lowest BCUT2D eigenvalue weighted by Gasteiger charge is -2.17. The molecule has 26 heavy (non-hydrogen) atoms. The maximum absolute atomic E-state index is 12.7. The number of anilines is 1. The monoisotopic (exact) mass is 449 g/mol. The van der Waals surface area contributed by atoms with Crippen LogP contribution in [0.3, 0.4) is 0 Å². The molecule has 0 radical (unpaired) electrons. The number of hydrogen-bond acceptors (Lipinski definition) is 2. The van der Waals surface area contributed by atoms with Gasteiger partial charge in [-0.1, -0.05) is 69.5 Å². The van der Waals surface area contributed by atoms with E-state index in [0.717, 1.165) is 4.47 Å². The van der Waals surface area contributed by atoms with Gasteiger partial charge in [-0.2, -0.15) is 0 Å². The van der Waals surface area contributed by atoms with E-state index in [1.807, 2.05) is 30.3 Å². The van der Waals surface area contributed by atoms with Gasteiger partial charge in [0.05, 0.1) is 10.6 Å². The summed E-state index contributed by atoms with van der Waals surface area (Å²) in [4.78, 5) is 12.7. The first-order valence-electron chi connectivity index (χ1n) is 7.74. The van der Waals surface area contributed by atoms with Crippen LogP contribution in [-0.2, 0) is 0 Å². The molecule has 0 aromatic heterocycles. The number of carbonyl (C=O) groups is 1. The number of amides is 1. The van der Waals surface area contributed by atoms with Crippen molar-refractivity contribution in [1.29, 1.82) is 0 Å². The summed E-state index contributed by atoms with van der Waals surface area (Å²) in [5.74, 6) is -0.375. The Morgan fingerprint density at radius 1 is 1.00 bits per heavy atom. The average Bonchev–Trinajstić information content (AvgIpc) is 2.65. The predicted octanol–water partition coefficient (Wildman–Crippen LogP) is 6.09. The number of halogens is 3. The molecule has 132 valence electrons. The summed E-state index contributed by atoms with van der Waals surface area (Å²) in [7, 11) is 0. The van der Waals surface area contributed by atoms with Gasteiger partial charge in [-0.15, -0.1) is 0 Å². The zero-order chi connectivity index (χ0) is 18.7. The zero-order valence-electron chi connectivity index (χ0n) is 13.4. The average molecular weight is 451 g/mol. The Balaban J connectivity index is 1.96. The third-order valence-corrected chi connectivity index (χ3v) is 4.90. The van der Waals surface area contributed by atoms with Gasteiger partial charge in [-0.25, -0.2) is 0 Å². The molecule has 0 spiro atoms. The lowest BCUT2D eigenvalue weighted by molar-refractivity contribution is 0.102. The molecule has 0 bridgehead atoms. The van der Waals surface area contributed by atoms with E-state index < -0.39 is 6.10 Å². The molecule has 0 saturated carbocycles. The molecule has 0 heterocycles. The van der Waals surface area contributed by atoms with E-state index in [9.17, 15) is 9.90 Å². The quantitative estimate of drug-likeness (QED) is 0.505. The van der Waals surface area contributed by atoms with Gasteiger partial charge in [0.1, 0.15) is 6.10 Å². The van der Waals surface area contributed by atoms with Gasteiger partial charge in [-0.3, -0.25) is 4.79 Å². The summed E-state index contributed by atoms with van der Waals surface area (Å²) in [5, 5.41) is 14.3. The molecule has 1 atom stereocenters. The normalized spacial score (nSPS) is 11.8. The van der Waals surface area contributed by atoms with E-state index in [1.54, 1.807) is 36.4 Å². The van der Waals surface area contributed by atoms with E-state index in [-0.39, 0.29) is 5.91 Å². The van der Waals surface area contributed by atoms with Crippen LogP contribution in [0.1, 0.15) is 27.6 Å². The number of aliphatic hydroxyl groups excluding tert-OH is 1. The van der Waals surface area contributed by atoms with Crippen molar-refractivity contribution in [3.8, 4) is 0 Å². The highest BCUT2D eigenvalue weighted by Crippen LogP contribution is 2.32. The lowest BCUT2D eigenvalue weighted by atomic mass is 9.99. The molecule has 3 nitrogen and oxygen atoms in total. The summed E-state index contributed by atoms with van der Waals surface area (Å²) < 4.78 is 0.743. The third kappa shape index (κ3) is 4.27. The van der Waals surface area contributed by atoms with Crippen molar-refractivity contribution in [2.75, 3.05) is 5.32 Å². The predicted molar refractivity (Wildman–Crippen MR) is 109 cm³/mol. The van der Waals surface area contributed by atoms with Crippen molar-refractivity contribution < 1.29 is 9.90 Å². The smallest absolute Gasteiger partial charge is 0.257 e. The third-order valence-electron chi connectivity index (χ3n) is 3.84. The maximum atomic E-state index is 12.7. The molecule has 2 N–H and O–H groups in total. The number of nitrogens with one attached hydrogen (secondary N) is 1. The highest BCUT2D eigenvalue weighted by atomic mass is 79.9. The molecular formula is C20H14BrCl2NO2. The Bertz CT molecular complexity index is 948. The summed E-state index contributed by atoms with van der Waals surface area (Å²) in [6.07, 6.45) is -0.928. The first kappa shape index (κ1) is 18.9. The lowest BCUT2D eigenvalue weighted by Crippen LogP contribution is -2.15. The van der Waals surface area contributed by atoms with Crippen LogP contribution in [0.15, 0.2) is 71.2 Å².